The maximum Gasteiger partial charge on any atom is 0.310 e. The summed E-state index contributed by atoms with van der Waals surface area (Å²) in [4.78, 5) is 19.0. The van der Waals surface area contributed by atoms with Gasteiger partial charge in [0.05, 0.1) is 17.1 Å². The number of aliphatic carboxylic acids is 1. The van der Waals surface area contributed by atoms with E-state index in [0.717, 1.165) is 67.2 Å². The van der Waals surface area contributed by atoms with Crippen LogP contribution in [0.2, 0.25) is 0 Å². The second-order valence-electron chi connectivity index (χ2n) is 11.1. The van der Waals surface area contributed by atoms with Gasteiger partial charge in [0.15, 0.2) is 5.82 Å². The fourth-order valence-corrected chi connectivity index (χ4v) is 6.83. The number of rotatable bonds is 7. The molecule has 2 aliphatic carbocycles. The largest absolute Gasteiger partial charge is 0.490 e. The van der Waals surface area contributed by atoms with Crippen molar-refractivity contribution in [3.8, 4) is 33.8 Å². The molecule has 7 nitrogen and oxygen atoms in total. The molecule has 190 valence electrons. The molecule has 1 saturated carbocycles. The first-order valence-corrected chi connectivity index (χ1v) is 13.7. The summed E-state index contributed by atoms with van der Waals surface area (Å²) in [5.41, 5.74) is 4.72. The second-order valence-corrected chi connectivity index (χ2v) is 11.8. The van der Waals surface area contributed by atoms with Crippen molar-refractivity contribution in [3.63, 3.8) is 0 Å². The number of aromatic nitrogens is 2. The van der Waals surface area contributed by atoms with Crippen molar-refractivity contribution in [2.75, 3.05) is 19.6 Å². The predicted octanol–water partition coefficient (Wildman–Crippen LogP) is 5.29. The number of nitriles is 1. The maximum absolute atomic E-state index is 11.7. The van der Waals surface area contributed by atoms with Crippen LogP contribution < -0.4 is 4.74 Å². The molecule has 8 heteroatoms. The van der Waals surface area contributed by atoms with Crippen molar-refractivity contribution in [3.05, 3.63) is 53.1 Å². The highest BCUT2D eigenvalue weighted by Crippen LogP contribution is 2.51. The lowest BCUT2D eigenvalue weighted by Gasteiger charge is -2.27. The monoisotopic (exact) mass is 514 g/mol. The zero-order valence-electron chi connectivity index (χ0n) is 21.2. The molecule has 6 rings (SSSR count). The van der Waals surface area contributed by atoms with Crippen molar-refractivity contribution in [2.24, 2.45) is 5.41 Å². The van der Waals surface area contributed by atoms with Gasteiger partial charge in [-0.3, -0.25) is 4.79 Å². The summed E-state index contributed by atoms with van der Waals surface area (Å²) in [6, 6.07) is 14.3. The lowest BCUT2D eigenvalue weighted by atomic mass is 9.81. The van der Waals surface area contributed by atoms with E-state index in [4.69, 9.17) is 14.1 Å². The molecule has 2 heterocycles. The van der Waals surface area contributed by atoms with Crippen LogP contribution in [0.4, 0.5) is 0 Å². The number of carboxylic acids is 1. The Kier molecular flexibility index (Phi) is 5.81. The van der Waals surface area contributed by atoms with Gasteiger partial charge < -0.3 is 14.7 Å². The van der Waals surface area contributed by atoms with E-state index in [1.54, 1.807) is 0 Å². The predicted molar refractivity (Wildman–Crippen MR) is 142 cm³/mol. The maximum atomic E-state index is 11.7. The Labute approximate surface area is 220 Å². The molecule has 1 saturated heterocycles. The first-order valence-electron chi connectivity index (χ1n) is 13.0. The smallest absolute Gasteiger partial charge is 0.310 e. The van der Waals surface area contributed by atoms with E-state index in [-0.39, 0.29) is 11.5 Å². The molecule has 3 aliphatic rings. The summed E-state index contributed by atoms with van der Waals surface area (Å²) in [6.45, 7) is 6.43. The summed E-state index contributed by atoms with van der Waals surface area (Å²) in [7, 11) is 0. The fourth-order valence-electron chi connectivity index (χ4n) is 6.15. The van der Waals surface area contributed by atoms with Crippen LogP contribution in [0.25, 0.3) is 22.0 Å². The molecule has 0 radical (unpaired) electrons. The Hall–Kier alpha value is -3.28. The van der Waals surface area contributed by atoms with E-state index < -0.39 is 11.4 Å². The van der Waals surface area contributed by atoms with E-state index in [9.17, 15) is 15.2 Å². The first-order chi connectivity index (χ1) is 17.8. The molecule has 0 amide bonds. The van der Waals surface area contributed by atoms with Crippen LogP contribution in [0.3, 0.4) is 0 Å². The zero-order valence-corrected chi connectivity index (χ0v) is 22.0. The quantitative estimate of drug-likeness (QED) is 0.458. The van der Waals surface area contributed by atoms with Crippen LogP contribution in [0.15, 0.2) is 36.4 Å². The minimum absolute atomic E-state index is 0.00603. The highest BCUT2D eigenvalue weighted by atomic mass is 32.1. The fraction of sp³-hybridized carbons (Fsp3) is 0.448. The Balaban J connectivity index is 1.26. The van der Waals surface area contributed by atoms with Gasteiger partial charge in [-0.25, -0.2) is 4.98 Å². The highest BCUT2D eigenvalue weighted by molar-refractivity contribution is 7.09. The summed E-state index contributed by atoms with van der Waals surface area (Å²) in [5.74, 6) is 0.670. The number of carbonyl (C=O) groups is 1. The molecular weight excluding hydrogens is 484 g/mol. The Morgan fingerprint density at radius 3 is 2.81 bits per heavy atom. The number of nitrogens with zero attached hydrogens (tertiary/aromatic N) is 4. The van der Waals surface area contributed by atoms with Gasteiger partial charge in [0.2, 0.25) is 0 Å². The van der Waals surface area contributed by atoms with Crippen LogP contribution >= 0.6 is 11.5 Å². The molecule has 1 atom stereocenters. The van der Waals surface area contributed by atoms with E-state index in [0.29, 0.717) is 17.9 Å². The van der Waals surface area contributed by atoms with Gasteiger partial charge in [-0.2, -0.15) is 9.64 Å². The molecule has 0 bridgehead atoms. The lowest BCUT2D eigenvalue weighted by Crippen LogP contribution is -2.35. The van der Waals surface area contributed by atoms with Crippen molar-refractivity contribution < 1.29 is 14.6 Å². The van der Waals surface area contributed by atoms with Gasteiger partial charge in [-0.1, -0.05) is 18.2 Å². The summed E-state index contributed by atoms with van der Waals surface area (Å²) < 4.78 is 10.5. The Morgan fingerprint density at radius 2 is 2.08 bits per heavy atom. The molecule has 1 N–H and O–H groups in total. The third-order valence-electron chi connectivity index (χ3n) is 8.24. The minimum atomic E-state index is -0.642. The minimum Gasteiger partial charge on any atom is -0.490 e. The number of carboxylic acid groups (broad SMARTS) is 1. The molecule has 2 aromatic carbocycles. The van der Waals surface area contributed by atoms with Crippen molar-refractivity contribution in [1.29, 1.82) is 5.26 Å². The molecule has 37 heavy (non-hydrogen) atoms. The molecule has 1 aliphatic heterocycles. The third-order valence-corrected chi connectivity index (χ3v) is 9.01. The normalized spacial score (nSPS) is 21.8. The number of hydrogen-bond donors (Lipinski definition) is 1. The topological polar surface area (TPSA) is 99.3 Å². The average Bonchev–Trinajstić information content (AvgIpc) is 3.21. The van der Waals surface area contributed by atoms with Gasteiger partial charge in [0, 0.05) is 29.6 Å². The zero-order chi connectivity index (χ0) is 25.8. The van der Waals surface area contributed by atoms with Gasteiger partial charge in [-0.05, 0) is 93.4 Å². The van der Waals surface area contributed by atoms with Gasteiger partial charge in [0.1, 0.15) is 16.8 Å². The van der Waals surface area contributed by atoms with Crippen molar-refractivity contribution >= 4 is 17.5 Å². The van der Waals surface area contributed by atoms with Crippen molar-refractivity contribution in [2.45, 2.75) is 57.5 Å². The van der Waals surface area contributed by atoms with Crippen LogP contribution in [0.5, 0.6) is 5.75 Å². The summed E-state index contributed by atoms with van der Waals surface area (Å²) in [5, 5.41) is 20.0. The van der Waals surface area contributed by atoms with Gasteiger partial charge in [-0.15, -0.1) is 0 Å². The number of likely N-dealkylation sites (tertiary alicyclic amines) is 1. The average molecular weight is 515 g/mol. The molecule has 1 aromatic heterocycles. The number of benzene rings is 2. The van der Waals surface area contributed by atoms with E-state index in [1.807, 2.05) is 32.0 Å². The van der Waals surface area contributed by atoms with Crippen LogP contribution in [0.1, 0.15) is 56.2 Å². The molecule has 1 unspecified atom stereocenters. The van der Waals surface area contributed by atoms with Gasteiger partial charge >= 0.3 is 5.97 Å². The molecular formula is C29H30N4O3S. The van der Waals surface area contributed by atoms with E-state index in [1.165, 1.54) is 22.7 Å². The van der Waals surface area contributed by atoms with Gasteiger partial charge in [0.25, 0.3) is 0 Å². The summed E-state index contributed by atoms with van der Waals surface area (Å²) in [6.07, 6.45) is 4.72. The SMILES string of the molecule is CC(C)Oc1ccc(-c2nc(-c3cccc4c3CCC43CCN(CC4(C(=O)O)CC4)C3)ns2)cc1C#N. The number of ether oxygens (including phenoxy) is 1. The van der Waals surface area contributed by atoms with Crippen LogP contribution in [0, 0.1) is 16.7 Å². The standard InChI is InChI=1S/C29H30N4O3S/c1-18(2)36-24-7-6-19(14-20(24)15-30)26-31-25(32-37-26)22-4-3-5-23-21(22)8-9-28(23)12-13-33(16-28)17-29(10-11-29)27(34)35/h3-7,14,18H,8-13,16-17H2,1-2H3,(H,34,35). The third kappa shape index (κ3) is 4.20. The molecule has 2 fully saturated rings. The highest BCUT2D eigenvalue weighted by Gasteiger charge is 2.53. The Morgan fingerprint density at radius 1 is 1.24 bits per heavy atom. The molecule has 3 aromatic rings. The second kappa shape index (κ2) is 8.93. The van der Waals surface area contributed by atoms with Crippen LogP contribution in [-0.4, -0.2) is 51.1 Å². The van der Waals surface area contributed by atoms with E-state index in [2.05, 4.69) is 29.2 Å². The summed E-state index contributed by atoms with van der Waals surface area (Å²) >= 11 is 1.35. The molecule has 1 spiro atoms. The van der Waals surface area contributed by atoms with E-state index >= 15 is 0 Å². The van der Waals surface area contributed by atoms with Crippen LogP contribution in [-0.2, 0) is 16.6 Å². The van der Waals surface area contributed by atoms with Crippen molar-refractivity contribution in [1.82, 2.24) is 14.3 Å². The number of fused-ring (bicyclic) bond motifs is 2. The first kappa shape index (κ1) is 24.1. The number of hydrogen-bond acceptors (Lipinski definition) is 7. The Bertz CT molecular complexity index is 1420. The lowest BCUT2D eigenvalue weighted by molar-refractivity contribution is -0.144.